The SMILES string of the molecule is CNCCN1c2nc(OC[C@@]34CCCN3C[C@H](F)C4)nc3c(F)cnc(c23)OCC12CCC2. The Kier molecular flexibility index (Phi) is 5.06. The van der Waals surface area contributed by atoms with E-state index >= 15 is 0 Å². The normalized spacial score (nSPS) is 28.0. The van der Waals surface area contributed by atoms with E-state index in [9.17, 15) is 8.78 Å². The van der Waals surface area contributed by atoms with Crippen LogP contribution in [0.3, 0.4) is 0 Å². The fourth-order valence-corrected chi connectivity index (χ4v) is 6.13. The standard InChI is InChI=1S/C23H30F2N6O2/c1-26-7-9-31-19-17-18(16(25)11-27-20(17)32-13-22(31)4-2-5-22)28-21(29-19)33-14-23-6-3-8-30(23)12-15(24)10-23/h11,15,26H,2-10,12-14H2,1H3/t15-,23+/m1/s1. The van der Waals surface area contributed by atoms with Crippen LogP contribution in [0.4, 0.5) is 14.6 Å². The van der Waals surface area contributed by atoms with Crippen LogP contribution in [0.2, 0.25) is 0 Å². The number of rotatable bonds is 6. The van der Waals surface area contributed by atoms with Gasteiger partial charge in [0.15, 0.2) is 5.82 Å². The maximum Gasteiger partial charge on any atom is 0.319 e. The lowest BCUT2D eigenvalue weighted by Crippen LogP contribution is -2.59. The number of hydrogen-bond acceptors (Lipinski definition) is 8. The summed E-state index contributed by atoms with van der Waals surface area (Å²) in [4.78, 5) is 17.9. The Labute approximate surface area is 191 Å². The number of nitrogens with one attached hydrogen (secondary N) is 1. The van der Waals surface area contributed by atoms with Crippen molar-refractivity contribution in [3.05, 3.63) is 12.0 Å². The number of anilines is 1. The highest BCUT2D eigenvalue weighted by Crippen LogP contribution is 2.47. The topological polar surface area (TPSA) is 75.6 Å². The van der Waals surface area contributed by atoms with Gasteiger partial charge >= 0.3 is 6.01 Å². The number of alkyl halides is 1. The molecule has 1 N–H and O–H groups in total. The van der Waals surface area contributed by atoms with E-state index in [1.807, 2.05) is 7.05 Å². The van der Waals surface area contributed by atoms with Crippen molar-refractivity contribution < 1.29 is 18.3 Å². The summed E-state index contributed by atoms with van der Waals surface area (Å²) in [7, 11) is 1.91. The fraction of sp³-hybridized carbons (Fsp3) is 0.696. The Morgan fingerprint density at radius 2 is 2.15 bits per heavy atom. The molecule has 3 aliphatic heterocycles. The Morgan fingerprint density at radius 1 is 1.27 bits per heavy atom. The number of fused-ring (bicyclic) bond motifs is 1. The number of nitrogens with zero attached hydrogens (tertiary/aromatic N) is 5. The van der Waals surface area contributed by atoms with Gasteiger partial charge in [0.2, 0.25) is 5.88 Å². The zero-order valence-corrected chi connectivity index (χ0v) is 18.9. The molecule has 8 nitrogen and oxygen atoms in total. The van der Waals surface area contributed by atoms with E-state index < -0.39 is 12.0 Å². The van der Waals surface area contributed by atoms with Crippen molar-refractivity contribution in [1.29, 1.82) is 0 Å². The molecule has 2 saturated heterocycles. The Bertz CT molecular complexity index is 1070. The third-order valence-electron chi connectivity index (χ3n) is 8.01. The Hall–Kier alpha value is -2.33. The minimum absolute atomic E-state index is 0.128. The van der Waals surface area contributed by atoms with Crippen LogP contribution in [0.25, 0.3) is 10.9 Å². The number of hydrogen-bond donors (Lipinski definition) is 1. The van der Waals surface area contributed by atoms with Gasteiger partial charge in [-0.3, -0.25) is 4.90 Å². The second-order valence-electron chi connectivity index (χ2n) is 9.95. The highest BCUT2D eigenvalue weighted by atomic mass is 19.1. The summed E-state index contributed by atoms with van der Waals surface area (Å²) >= 11 is 0. The van der Waals surface area contributed by atoms with E-state index in [0.717, 1.165) is 51.4 Å². The third kappa shape index (κ3) is 3.32. The van der Waals surface area contributed by atoms with Crippen molar-refractivity contribution in [3.8, 4) is 11.9 Å². The van der Waals surface area contributed by atoms with Crippen molar-refractivity contribution in [2.75, 3.05) is 51.3 Å². The van der Waals surface area contributed by atoms with Gasteiger partial charge in [0, 0.05) is 26.1 Å². The van der Waals surface area contributed by atoms with Gasteiger partial charge in [0.25, 0.3) is 0 Å². The largest absolute Gasteiger partial charge is 0.475 e. The van der Waals surface area contributed by atoms with Gasteiger partial charge in [0.05, 0.1) is 17.3 Å². The van der Waals surface area contributed by atoms with Crippen molar-refractivity contribution in [3.63, 3.8) is 0 Å². The maximum absolute atomic E-state index is 14.9. The lowest BCUT2D eigenvalue weighted by Gasteiger charge is -2.49. The highest BCUT2D eigenvalue weighted by molar-refractivity contribution is 5.95. The molecule has 0 radical (unpaired) electrons. The van der Waals surface area contributed by atoms with Crippen molar-refractivity contribution in [2.45, 2.75) is 55.8 Å². The second-order valence-corrected chi connectivity index (χ2v) is 9.95. The molecule has 0 aromatic carbocycles. The molecule has 1 saturated carbocycles. The first-order valence-electron chi connectivity index (χ1n) is 12.0. The summed E-state index contributed by atoms with van der Waals surface area (Å²) < 4.78 is 41.3. The Balaban J connectivity index is 1.41. The number of halogens is 2. The van der Waals surface area contributed by atoms with Gasteiger partial charge in [-0.05, 0) is 45.7 Å². The van der Waals surface area contributed by atoms with Crippen LogP contribution in [0.5, 0.6) is 11.9 Å². The highest BCUT2D eigenvalue weighted by Gasteiger charge is 2.50. The molecule has 2 aromatic rings. The molecule has 3 fully saturated rings. The van der Waals surface area contributed by atoms with E-state index in [-0.39, 0.29) is 22.6 Å². The summed E-state index contributed by atoms with van der Waals surface area (Å²) in [5.41, 5.74) is -0.361. The molecule has 10 heteroatoms. The molecule has 0 amide bonds. The van der Waals surface area contributed by atoms with Gasteiger partial charge in [0.1, 0.15) is 36.1 Å². The fourth-order valence-electron chi connectivity index (χ4n) is 6.13. The van der Waals surface area contributed by atoms with Crippen LogP contribution in [-0.2, 0) is 0 Å². The predicted octanol–water partition coefficient (Wildman–Crippen LogP) is 2.46. The van der Waals surface area contributed by atoms with Crippen LogP contribution in [0.1, 0.15) is 38.5 Å². The van der Waals surface area contributed by atoms with Crippen molar-refractivity contribution in [1.82, 2.24) is 25.2 Å². The van der Waals surface area contributed by atoms with Crippen molar-refractivity contribution >= 4 is 16.7 Å². The van der Waals surface area contributed by atoms with E-state index in [1.165, 1.54) is 0 Å². The van der Waals surface area contributed by atoms with Gasteiger partial charge in [-0.1, -0.05) is 0 Å². The maximum atomic E-state index is 14.9. The van der Waals surface area contributed by atoms with E-state index in [0.29, 0.717) is 49.8 Å². The molecule has 1 spiro atoms. The molecule has 0 unspecified atom stereocenters. The molecule has 0 bridgehead atoms. The minimum atomic E-state index is -0.838. The average molecular weight is 461 g/mol. The van der Waals surface area contributed by atoms with Crippen LogP contribution < -0.4 is 19.7 Å². The molecule has 178 valence electrons. The molecule has 2 atom stereocenters. The van der Waals surface area contributed by atoms with E-state index in [1.54, 1.807) is 0 Å². The number of aromatic nitrogens is 3. The summed E-state index contributed by atoms with van der Waals surface area (Å²) in [6, 6.07) is 0.128. The zero-order chi connectivity index (χ0) is 22.6. The predicted molar refractivity (Wildman–Crippen MR) is 119 cm³/mol. The molecule has 4 aliphatic rings. The first kappa shape index (κ1) is 21.2. The molecule has 33 heavy (non-hydrogen) atoms. The molecule has 5 heterocycles. The number of pyridine rings is 1. The van der Waals surface area contributed by atoms with Crippen LogP contribution in [0, 0.1) is 5.82 Å². The van der Waals surface area contributed by atoms with E-state index in [4.69, 9.17) is 14.5 Å². The van der Waals surface area contributed by atoms with E-state index in [2.05, 4.69) is 25.1 Å². The minimum Gasteiger partial charge on any atom is -0.475 e. The molecule has 6 rings (SSSR count). The average Bonchev–Trinajstić information content (AvgIpc) is 3.25. The van der Waals surface area contributed by atoms with Crippen molar-refractivity contribution in [2.24, 2.45) is 0 Å². The molecular weight excluding hydrogens is 430 g/mol. The third-order valence-corrected chi connectivity index (χ3v) is 8.01. The zero-order valence-electron chi connectivity index (χ0n) is 18.9. The van der Waals surface area contributed by atoms with Gasteiger partial charge in [-0.15, -0.1) is 0 Å². The summed E-state index contributed by atoms with van der Waals surface area (Å²) in [6.45, 7) is 3.56. The summed E-state index contributed by atoms with van der Waals surface area (Å²) in [6.07, 6.45) is 5.75. The van der Waals surface area contributed by atoms with Crippen LogP contribution >= 0.6 is 0 Å². The van der Waals surface area contributed by atoms with Gasteiger partial charge in [-0.25, -0.2) is 13.8 Å². The van der Waals surface area contributed by atoms with Crippen LogP contribution in [-0.4, -0.2) is 83.5 Å². The molecule has 2 aromatic heterocycles. The first-order chi connectivity index (χ1) is 16.0. The second kappa shape index (κ2) is 7.87. The van der Waals surface area contributed by atoms with Crippen LogP contribution in [0.15, 0.2) is 6.20 Å². The summed E-state index contributed by atoms with van der Waals surface area (Å²) in [5.74, 6) is 0.442. The quantitative estimate of drug-likeness (QED) is 0.705. The number of ether oxygens (including phenoxy) is 2. The molecular formula is C23H30F2N6O2. The smallest absolute Gasteiger partial charge is 0.319 e. The lowest BCUT2D eigenvalue weighted by atomic mass is 9.75. The summed E-state index contributed by atoms with van der Waals surface area (Å²) in [5, 5.41) is 3.70. The first-order valence-corrected chi connectivity index (χ1v) is 12.0. The lowest BCUT2D eigenvalue weighted by molar-refractivity contribution is 0.107. The van der Waals surface area contributed by atoms with Gasteiger partial charge < -0.3 is 19.7 Å². The van der Waals surface area contributed by atoms with Gasteiger partial charge in [-0.2, -0.15) is 9.97 Å². The number of likely N-dealkylation sites (N-methyl/N-ethyl adjacent to an activating group) is 1. The molecule has 1 aliphatic carbocycles. The monoisotopic (exact) mass is 460 g/mol. The Morgan fingerprint density at radius 3 is 2.94 bits per heavy atom.